The van der Waals surface area contributed by atoms with E-state index in [1.54, 1.807) is 29.1 Å². The molecular weight excluding hydrogens is 364 g/mol. The Labute approximate surface area is 157 Å². The highest BCUT2D eigenvalue weighted by atomic mass is 32.2. The molecule has 0 saturated carbocycles. The Morgan fingerprint density at radius 1 is 1.07 bits per heavy atom. The molecule has 0 spiro atoms. The van der Waals surface area contributed by atoms with Crippen molar-refractivity contribution in [3.05, 3.63) is 72.1 Å². The number of aryl methyl sites for hydroxylation is 1. The first-order valence-electron chi connectivity index (χ1n) is 8.54. The largest absolute Gasteiger partial charge is 0.326 e. The van der Waals surface area contributed by atoms with E-state index in [9.17, 15) is 13.2 Å². The molecule has 138 valence electrons. The van der Waals surface area contributed by atoms with E-state index < -0.39 is 10.0 Å². The summed E-state index contributed by atoms with van der Waals surface area (Å²) in [5.74, 6) is -0.0507. The van der Waals surface area contributed by atoms with E-state index in [0.717, 1.165) is 11.3 Å². The smallest absolute Gasteiger partial charge is 0.240 e. The summed E-state index contributed by atoms with van der Waals surface area (Å²) in [6, 6.07) is 16.1. The number of para-hydroxylation sites is 1. The van der Waals surface area contributed by atoms with E-state index in [2.05, 4.69) is 15.1 Å². The Kier molecular flexibility index (Phi) is 4.51. The average molecular weight is 382 g/mol. The predicted molar refractivity (Wildman–Crippen MR) is 101 cm³/mol. The molecule has 0 radical (unpaired) electrons. The molecule has 0 atom stereocenters. The number of carbonyl (C=O) groups excluding carboxylic acids is 1. The first-order chi connectivity index (χ1) is 13.0. The highest BCUT2D eigenvalue weighted by Gasteiger charge is 2.20. The molecule has 7 nitrogen and oxygen atoms in total. The van der Waals surface area contributed by atoms with Crippen LogP contribution in [0.3, 0.4) is 0 Å². The van der Waals surface area contributed by atoms with Gasteiger partial charge in [0, 0.05) is 18.3 Å². The molecule has 0 unspecified atom stereocenters. The molecule has 1 aliphatic heterocycles. The van der Waals surface area contributed by atoms with Crippen LogP contribution in [0.25, 0.3) is 5.69 Å². The van der Waals surface area contributed by atoms with E-state index in [-0.39, 0.29) is 17.3 Å². The van der Waals surface area contributed by atoms with Crippen LogP contribution in [0.1, 0.15) is 17.7 Å². The van der Waals surface area contributed by atoms with Gasteiger partial charge in [0.25, 0.3) is 0 Å². The highest BCUT2D eigenvalue weighted by molar-refractivity contribution is 7.89. The SMILES string of the molecule is O=C1CCc2cc(S(=O)(=O)NCc3ccn(-c4ccccc4)n3)ccc2N1. The maximum absolute atomic E-state index is 12.6. The lowest BCUT2D eigenvalue weighted by Gasteiger charge is -2.17. The molecule has 27 heavy (non-hydrogen) atoms. The van der Waals surface area contributed by atoms with Crippen molar-refractivity contribution in [3.8, 4) is 5.69 Å². The Hall–Kier alpha value is -2.97. The van der Waals surface area contributed by atoms with Gasteiger partial charge in [-0.3, -0.25) is 4.79 Å². The van der Waals surface area contributed by atoms with Gasteiger partial charge >= 0.3 is 0 Å². The fraction of sp³-hybridized carbons (Fsp3) is 0.158. The summed E-state index contributed by atoms with van der Waals surface area (Å²) in [6.45, 7) is 0.0932. The standard InChI is InChI=1S/C19H18N4O3S/c24-19-9-6-14-12-17(7-8-18(14)21-19)27(25,26)20-13-15-10-11-23(22-15)16-4-2-1-3-5-16/h1-5,7-8,10-12,20H,6,9,13H2,(H,21,24). The molecule has 2 heterocycles. The number of rotatable bonds is 5. The van der Waals surface area contributed by atoms with E-state index in [1.165, 1.54) is 6.07 Å². The second-order valence-corrected chi connectivity index (χ2v) is 8.05. The van der Waals surface area contributed by atoms with Gasteiger partial charge < -0.3 is 5.32 Å². The maximum atomic E-state index is 12.6. The molecule has 2 N–H and O–H groups in total. The van der Waals surface area contributed by atoms with Gasteiger partial charge in [-0.25, -0.2) is 17.8 Å². The van der Waals surface area contributed by atoms with Crippen molar-refractivity contribution in [2.45, 2.75) is 24.3 Å². The van der Waals surface area contributed by atoms with Gasteiger partial charge in [-0.05, 0) is 48.4 Å². The normalized spacial score (nSPS) is 13.9. The van der Waals surface area contributed by atoms with Crippen molar-refractivity contribution in [2.24, 2.45) is 0 Å². The molecule has 2 aromatic carbocycles. The molecule has 4 rings (SSSR count). The van der Waals surface area contributed by atoms with E-state index in [1.807, 2.05) is 30.3 Å². The predicted octanol–water partition coefficient (Wildman–Crippen LogP) is 2.24. The first kappa shape index (κ1) is 17.4. The topological polar surface area (TPSA) is 93.1 Å². The van der Waals surface area contributed by atoms with Gasteiger partial charge in [0.15, 0.2) is 0 Å². The molecule has 0 aliphatic carbocycles. The number of amides is 1. The number of carbonyl (C=O) groups is 1. The van der Waals surface area contributed by atoms with E-state index in [4.69, 9.17) is 0 Å². The summed E-state index contributed by atoms with van der Waals surface area (Å²) in [5, 5.41) is 7.15. The zero-order chi connectivity index (χ0) is 18.9. The number of fused-ring (bicyclic) bond motifs is 1. The average Bonchev–Trinajstić information content (AvgIpc) is 3.16. The number of hydrogen-bond donors (Lipinski definition) is 2. The van der Waals surface area contributed by atoms with Gasteiger partial charge in [0.1, 0.15) is 0 Å². The summed E-state index contributed by atoms with van der Waals surface area (Å²) in [6.07, 6.45) is 2.69. The number of benzene rings is 2. The van der Waals surface area contributed by atoms with Crippen molar-refractivity contribution in [1.29, 1.82) is 0 Å². The molecule has 3 aromatic rings. The quantitative estimate of drug-likeness (QED) is 0.708. The summed E-state index contributed by atoms with van der Waals surface area (Å²) >= 11 is 0. The van der Waals surface area contributed by atoms with Gasteiger partial charge in [-0.1, -0.05) is 18.2 Å². The minimum absolute atomic E-state index is 0.0507. The molecule has 8 heteroatoms. The zero-order valence-electron chi connectivity index (χ0n) is 14.4. The van der Waals surface area contributed by atoms with E-state index in [0.29, 0.717) is 24.2 Å². The van der Waals surface area contributed by atoms with Crippen LogP contribution in [0.15, 0.2) is 65.7 Å². The van der Waals surface area contributed by atoms with Crippen molar-refractivity contribution >= 4 is 21.6 Å². The molecule has 0 saturated heterocycles. The third-order valence-corrected chi connectivity index (χ3v) is 5.79. The minimum Gasteiger partial charge on any atom is -0.326 e. The second kappa shape index (κ2) is 6.98. The van der Waals surface area contributed by atoms with Crippen LogP contribution in [0.2, 0.25) is 0 Å². The van der Waals surface area contributed by atoms with Crippen molar-refractivity contribution in [1.82, 2.24) is 14.5 Å². The highest BCUT2D eigenvalue weighted by Crippen LogP contribution is 2.25. The number of sulfonamides is 1. The molecule has 0 fully saturated rings. The van der Waals surface area contributed by atoms with E-state index >= 15 is 0 Å². The summed E-state index contributed by atoms with van der Waals surface area (Å²) in [4.78, 5) is 11.6. The van der Waals surface area contributed by atoms with Crippen molar-refractivity contribution in [2.75, 3.05) is 5.32 Å². The number of hydrogen-bond acceptors (Lipinski definition) is 4. The lowest BCUT2D eigenvalue weighted by atomic mass is 10.0. The van der Waals surface area contributed by atoms with Crippen LogP contribution in [-0.2, 0) is 27.8 Å². The van der Waals surface area contributed by atoms with Crippen molar-refractivity contribution < 1.29 is 13.2 Å². The third-order valence-electron chi connectivity index (χ3n) is 4.39. The van der Waals surface area contributed by atoms with Gasteiger partial charge in [0.2, 0.25) is 15.9 Å². The summed E-state index contributed by atoms with van der Waals surface area (Å²) < 4.78 is 29.5. The lowest BCUT2D eigenvalue weighted by molar-refractivity contribution is -0.116. The zero-order valence-corrected chi connectivity index (χ0v) is 15.2. The van der Waals surface area contributed by atoms with Crippen molar-refractivity contribution in [3.63, 3.8) is 0 Å². The minimum atomic E-state index is -3.67. The van der Waals surface area contributed by atoms with Gasteiger partial charge in [-0.15, -0.1) is 0 Å². The number of nitrogens with one attached hydrogen (secondary N) is 2. The van der Waals surface area contributed by atoms with Crippen LogP contribution >= 0.6 is 0 Å². The first-order valence-corrected chi connectivity index (χ1v) is 10.0. The fourth-order valence-corrected chi connectivity index (χ4v) is 4.01. The molecule has 0 bridgehead atoms. The van der Waals surface area contributed by atoms with Crippen LogP contribution in [0.4, 0.5) is 5.69 Å². The van der Waals surface area contributed by atoms with Crippen LogP contribution in [-0.4, -0.2) is 24.1 Å². The monoisotopic (exact) mass is 382 g/mol. The Balaban J connectivity index is 1.48. The number of nitrogens with zero attached hydrogens (tertiary/aromatic N) is 2. The Bertz CT molecular complexity index is 1090. The van der Waals surface area contributed by atoms with Gasteiger partial charge in [-0.2, -0.15) is 5.10 Å². The van der Waals surface area contributed by atoms with Crippen LogP contribution < -0.4 is 10.0 Å². The lowest BCUT2D eigenvalue weighted by Crippen LogP contribution is -2.24. The molecule has 1 aromatic heterocycles. The van der Waals surface area contributed by atoms with Crippen LogP contribution in [0, 0.1) is 0 Å². The second-order valence-electron chi connectivity index (χ2n) is 6.28. The maximum Gasteiger partial charge on any atom is 0.240 e. The molecule has 1 amide bonds. The summed E-state index contributed by atoms with van der Waals surface area (Å²) in [5.41, 5.74) is 3.02. The van der Waals surface area contributed by atoms with Gasteiger partial charge in [0.05, 0.1) is 22.8 Å². The van der Waals surface area contributed by atoms with Crippen LogP contribution in [0.5, 0.6) is 0 Å². The fourth-order valence-electron chi connectivity index (χ4n) is 2.96. The number of aromatic nitrogens is 2. The number of anilines is 1. The Morgan fingerprint density at radius 3 is 2.70 bits per heavy atom. The summed E-state index contributed by atoms with van der Waals surface area (Å²) in [7, 11) is -3.67. The molecular formula is C19H18N4O3S. The molecule has 1 aliphatic rings. The Morgan fingerprint density at radius 2 is 1.89 bits per heavy atom. The third kappa shape index (κ3) is 3.76.